The minimum Gasteiger partial charge on any atom is -0.351 e. The summed E-state index contributed by atoms with van der Waals surface area (Å²) in [6.07, 6.45) is 2.24. The van der Waals surface area contributed by atoms with E-state index < -0.39 is 0 Å². The van der Waals surface area contributed by atoms with Crippen molar-refractivity contribution in [3.05, 3.63) is 41.5 Å². The Morgan fingerprint density at radius 3 is 3.04 bits per heavy atom. The summed E-state index contributed by atoms with van der Waals surface area (Å²) < 4.78 is 15.5. The van der Waals surface area contributed by atoms with Crippen LogP contribution in [0.3, 0.4) is 0 Å². The van der Waals surface area contributed by atoms with Gasteiger partial charge in [-0.1, -0.05) is 30.0 Å². The number of aromatic nitrogens is 3. The number of hydrogen-bond donors (Lipinski definition) is 2. The molecule has 0 spiro atoms. The summed E-state index contributed by atoms with van der Waals surface area (Å²) in [5.41, 5.74) is 0.478. The summed E-state index contributed by atoms with van der Waals surface area (Å²) in [6.45, 7) is 2.15. The van der Waals surface area contributed by atoms with Gasteiger partial charge in [-0.05, 0) is 25.5 Å². The van der Waals surface area contributed by atoms with E-state index in [1.165, 1.54) is 17.8 Å². The first-order valence-electron chi connectivity index (χ1n) is 8.38. The molecule has 1 fully saturated rings. The Labute approximate surface area is 150 Å². The van der Waals surface area contributed by atoms with E-state index in [4.69, 9.17) is 0 Å². The lowest BCUT2D eigenvalue weighted by Gasteiger charge is -2.21. The Morgan fingerprint density at radius 2 is 2.28 bits per heavy atom. The molecule has 2 N–H and O–H groups in total. The van der Waals surface area contributed by atoms with E-state index in [0.29, 0.717) is 11.5 Å². The molecule has 1 aromatic heterocycles. The van der Waals surface area contributed by atoms with Gasteiger partial charge in [0.2, 0.25) is 5.91 Å². The van der Waals surface area contributed by atoms with Gasteiger partial charge in [0.05, 0.1) is 5.75 Å². The van der Waals surface area contributed by atoms with E-state index in [2.05, 4.69) is 20.8 Å². The van der Waals surface area contributed by atoms with Crippen molar-refractivity contribution in [1.29, 1.82) is 0 Å². The number of nitrogens with zero attached hydrogens (tertiary/aromatic N) is 3. The number of hydrogen-bond acceptors (Lipinski definition) is 5. The van der Waals surface area contributed by atoms with Gasteiger partial charge in [0.15, 0.2) is 5.16 Å². The molecular weight excluding hydrogens is 341 g/mol. The molecule has 134 valence electrons. The van der Waals surface area contributed by atoms with Crippen LogP contribution in [0.25, 0.3) is 0 Å². The van der Waals surface area contributed by atoms with Crippen LogP contribution in [0.2, 0.25) is 0 Å². The van der Waals surface area contributed by atoms with E-state index in [9.17, 15) is 9.18 Å². The normalized spacial score (nSPS) is 17.4. The zero-order valence-electron chi connectivity index (χ0n) is 14.2. The molecule has 1 atom stereocenters. The average Bonchev–Trinajstić information content (AvgIpc) is 3.00. The molecule has 25 heavy (non-hydrogen) atoms. The van der Waals surface area contributed by atoms with Gasteiger partial charge < -0.3 is 15.2 Å². The summed E-state index contributed by atoms with van der Waals surface area (Å²) in [5.74, 6) is 1.09. The first-order valence-corrected chi connectivity index (χ1v) is 9.36. The largest absolute Gasteiger partial charge is 0.351 e. The van der Waals surface area contributed by atoms with Crippen LogP contribution in [0.15, 0.2) is 29.4 Å². The quantitative estimate of drug-likeness (QED) is 0.766. The van der Waals surface area contributed by atoms with Gasteiger partial charge in [0.25, 0.3) is 0 Å². The fourth-order valence-electron chi connectivity index (χ4n) is 2.90. The summed E-state index contributed by atoms with van der Waals surface area (Å²) >= 11 is 1.34. The molecule has 6 nitrogen and oxygen atoms in total. The van der Waals surface area contributed by atoms with Crippen molar-refractivity contribution >= 4 is 17.7 Å². The minimum atomic E-state index is -0.311. The number of amides is 1. The minimum absolute atomic E-state index is 0.155. The molecule has 0 radical (unpaired) electrons. The number of thioether (sulfide) groups is 1. The monoisotopic (exact) mass is 363 g/mol. The third kappa shape index (κ3) is 4.58. The molecular formula is C17H22FN5OS. The second-order valence-electron chi connectivity index (χ2n) is 6.10. The predicted molar refractivity (Wildman–Crippen MR) is 94.8 cm³/mol. The first-order chi connectivity index (χ1) is 12.1. The van der Waals surface area contributed by atoms with Crippen LogP contribution < -0.4 is 10.6 Å². The SMILES string of the molecule is Cn1c(SCC(=O)NCc2ccccc2F)nnc1[C@@H]1CCCNC1. The molecule has 0 unspecified atom stereocenters. The second kappa shape index (κ2) is 8.44. The number of piperidine rings is 1. The van der Waals surface area contributed by atoms with Crippen molar-refractivity contribution in [1.82, 2.24) is 25.4 Å². The molecule has 0 aliphatic carbocycles. The Bertz CT molecular complexity index is 730. The maximum Gasteiger partial charge on any atom is 0.230 e. The zero-order chi connectivity index (χ0) is 17.6. The lowest BCUT2D eigenvalue weighted by molar-refractivity contribution is -0.118. The van der Waals surface area contributed by atoms with Crippen molar-refractivity contribution in [2.75, 3.05) is 18.8 Å². The first kappa shape index (κ1) is 17.9. The molecule has 8 heteroatoms. The second-order valence-corrected chi connectivity index (χ2v) is 7.04. The van der Waals surface area contributed by atoms with E-state index in [0.717, 1.165) is 36.9 Å². The highest BCUT2D eigenvalue weighted by Gasteiger charge is 2.22. The van der Waals surface area contributed by atoms with E-state index in [-0.39, 0.29) is 24.0 Å². The van der Waals surface area contributed by atoms with Crippen molar-refractivity contribution in [3.8, 4) is 0 Å². The molecule has 0 saturated carbocycles. The Hall–Kier alpha value is -1.93. The summed E-state index contributed by atoms with van der Waals surface area (Å²) in [6, 6.07) is 6.43. The van der Waals surface area contributed by atoms with Crippen molar-refractivity contribution in [2.24, 2.45) is 7.05 Å². The van der Waals surface area contributed by atoms with Crippen LogP contribution in [0.4, 0.5) is 4.39 Å². The van der Waals surface area contributed by atoms with E-state index in [1.54, 1.807) is 18.2 Å². The van der Waals surface area contributed by atoms with Crippen LogP contribution in [0.1, 0.15) is 30.1 Å². The van der Waals surface area contributed by atoms with Gasteiger partial charge >= 0.3 is 0 Å². The van der Waals surface area contributed by atoms with Crippen molar-refractivity contribution in [3.63, 3.8) is 0 Å². The van der Waals surface area contributed by atoms with Crippen LogP contribution in [-0.2, 0) is 18.4 Å². The summed E-state index contributed by atoms with van der Waals surface area (Å²) in [5, 5.41) is 15.3. The number of halogens is 1. The van der Waals surface area contributed by atoms with Crippen molar-refractivity contribution < 1.29 is 9.18 Å². The lowest BCUT2D eigenvalue weighted by atomic mass is 9.99. The molecule has 1 aliphatic heterocycles. The van der Waals surface area contributed by atoms with Gasteiger partial charge in [-0.3, -0.25) is 4.79 Å². The Kier molecular flexibility index (Phi) is 6.04. The summed E-state index contributed by atoms with van der Waals surface area (Å²) in [7, 11) is 1.93. The number of benzene rings is 1. The topological polar surface area (TPSA) is 71.8 Å². The predicted octanol–water partition coefficient (Wildman–Crippen LogP) is 1.83. The molecule has 3 rings (SSSR count). The third-order valence-corrected chi connectivity index (χ3v) is 5.32. The summed E-state index contributed by atoms with van der Waals surface area (Å²) in [4.78, 5) is 12.0. The molecule has 2 heterocycles. The van der Waals surface area contributed by atoms with Crippen LogP contribution >= 0.6 is 11.8 Å². The third-order valence-electron chi connectivity index (χ3n) is 4.30. The number of carbonyl (C=O) groups excluding carboxylic acids is 1. The maximum atomic E-state index is 13.5. The fraction of sp³-hybridized carbons (Fsp3) is 0.471. The molecule has 0 bridgehead atoms. The van der Waals surface area contributed by atoms with Gasteiger partial charge in [-0.15, -0.1) is 10.2 Å². The number of nitrogens with one attached hydrogen (secondary N) is 2. The van der Waals surface area contributed by atoms with Gasteiger partial charge in [0, 0.05) is 31.6 Å². The number of carbonyl (C=O) groups is 1. The fourth-order valence-corrected chi connectivity index (χ4v) is 3.64. The van der Waals surface area contributed by atoms with Gasteiger partial charge in [-0.25, -0.2) is 4.39 Å². The zero-order valence-corrected chi connectivity index (χ0v) is 15.0. The molecule has 2 aromatic rings. The van der Waals surface area contributed by atoms with Gasteiger partial charge in [-0.2, -0.15) is 0 Å². The molecule has 1 aromatic carbocycles. The van der Waals surface area contributed by atoms with E-state index in [1.807, 2.05) is 11.6 Å². The highest BCUT2D eigenvalue weighted by Crippen LogP contribution is 2.24. The lowest BCUT2D eigenvalue weighted by Crippen LogP contribution is -2.29. The highest BCUT2D eigenvalue weighted by atomic mass is 32.2. The van der Waals surface area contributed by atoms with Gasteiger partial charge in [0.1, 0.15) is 11.6 Å². The standard InChI is InChI=1S/C17H22FN5OS/c1-23-16(13-6-4-8-19-9-13)21-22-17(23)25-11-15(24)20-10-12-5-2-3-7-14(12)18/h2-3,5,7,13,19H,4,6,8-11H2,1H3,(H,20,24)/t13-/m1/s1. The Morgan fingerprint density at radius 1 is 1.44 bits per heavy atom. The average molecular weight is 363 g/mol. The van der Waals surface area contributed by atoms with Crippen molar-refractivity contribution in [2.45, 2.75) is 30.5 Å². The van der Waals surface area contributed by atoms with E-state index >= 15 is 0 Å². The number of rotatable bonds is 6. The smallest absolute Gasteiger partial charge is 0.230 e. The van der Waals surface area contributed by atoms with Crippen LogP contribution in [-0.4, -0.2) is 39.5 Å². The maximum absolute atomic E-state index is 13.5. The van der Waals surface area contributed by atoms with Crippen LogP contribution in [0.5, 0.6) is 0 Å². The molecule has 1 saturated heterocycles. The highest BCUT2D eigenvalue weighted by molar-refractivity contribution is 7.99. The molecule has 1 amide bonds. The van der Waals surface area contributed by atoms with Crippen LogP contribution in [0, 0.1) is 5.82 Å². The molecule has 1 aliphatic rings. The Balaban J connectivity index is 1.50.